The van der Waals surface area contributed by atoms with Crippen LogP contribution in [0.15, 0.2) is 59.4 Å². The van der Waals surface area contributed by atoms with E-state index in [1.807, 2.05) is 61.5 Å². The number of aromatic amines is 1. The molecule has 2 amide bonds. The highest BCUT2D eigenvalue weighted by Gasteiger charge is 2.36. The molecule has 1 saturated heterocycles. The third-order valence-electron chi connectivity index (χ3n) is 5.32. The molecule has 2 N–H and O–H groups in total. The van der Waals surface area contributed by atoms with E-state index >= 15 is 0 Å². The lowest BCUT2D eigenvalue weighted by Crippen LogP contribution is -2.45. The summed E-state index contributed by atoms with van der Waals surface area (Å²) in [4.78, 5) is 41.8. The summed E-state index contributed by atoms with van der Waals surface area (Å²) < 4.78 is 0. The molecule has 0 bridgehead atoms. The molecule has 2 aromatic carbocycles. The van der Waals surface area contributed by atoms with Crippen LogP contribution in [0, 0.1) is 6.92 Å². The van der Waals surface area contributed by atoms with Gasteiger partial charge >= 0.3 is 0 Å². The van der Waals surface area contributed by atoms with Gasteiger partial charge in [-0.05, 0) is 55.0 Å². The Bertz CT molecular complexity index is 1120. The minimum Gasteiger partial charge on any atom is -0.354 e. The Kier molecular flexibility index (Phi) is 5.16. The van der Waals surface area contributed by atoms with Gasteiger partial charge in [0.2, 0.25) is 11.8 Å². The van der Waals surface area contributed by atoms with Gasteiger partial charge in [0.25, 0.3) is 5.56 Å². The van der Waals surface area contributed by atoms with Gasteiger partial charge in [-0.2, -0.15) is 0 Å². The van der Waals surface area contributed by atoms with Crippen molar-refractivity contribution in [2.24, 2.45) is 0 Å². The number of fused-ring (bicyclic) bond motifs is 1. The van der Waals surface area contributed by atoms with Crippen molar-refractivity contribution >= 4 is 28.4 Å². The quantitative estimate of drug-likeness (QED) is 0.704. The normalized spacial score (nSPS) is 16.4. The predicted molar refractivity (Wildman–Crippen MR) is 113 cm³/mol. The van der Waals surface area contributed by atoms with E-state index in [-0.39, 0.29) is 17.4 Å². The van der Waals surface area contributed by atoms with Crippen molar-refractivity contribution in [2.45, 2.75) is 32.2 Å². The minimum absolute atomic E-state index is 0.0439. The SMILES string of the molecule is Cc1ccc2cc(CCNC(=O)C3CCC(=O)N3c3ccccc3)c(=O)[nH]c2c1. The summed E-state index contributed by atoms with van der Waals surface area (Å²) >= 11 is 0. The molecule has 0 spiro atoms. The van der Waals surface area contributed by atoms with Crippen LogP contribution >= 0.6 is 0 Å². The zero-order valence-electron chi connectivity index (χ0n) is 16.3. The summed E-state index contributed by atoms with van der Waals surface area (Å²) in [7, 11) is 0. The molecule has 0 aliphatic carbocycles. The van der Waals surface area contributed by atoms with Crippen LogP contribution in [0.2, 0.25) is 0 Å². The number of carbonyl (C=O) groups excluding carboxylic acids is 2. The number of pyridine rings is 1. The number of anilines is 1. The number of carbonyl (C=O) groups is 2. The lowest BCUT2D eigenvalue weighted by Gasteiger charge is -2.24. The molecule has 148 valence electrons. The number of nitrogens with one attached hydrogen (secondary N) is 2. The van der Waals surface area contributed by atoms with Gasteiger partial charge in [0.05, 0.1) is 0 Å². The highest BCUT2D eigenvalue weighted by molar-refractivity contribution is 6.03. The number of amides is 2. The van der Waals surface area contributed by atoms with Gasteiger partial charge < -0.3 is 10.3 Å². The predicted octanol–water partition coefficient (Wildman–Crippen LogP) is 2.69. The number of H-pyrrole nitrogens is 1. The van der Waals surface area contributed by atoms with Gasteiger partial charge in [0.1, 0.15) is 6.04 Å². The molecule has 1 fully saturated rings. The number of para-hydroxylation sites is 1. The van der Waals surface area contributed by atoms with E-state index in [9.17, 15) is 14.4 Å². The molecule has 1 aliphatic rings. The Morgan fingerprint density at radius 1 is 1.14 bits per heavy atom. The first-order valence-electron chi connectivity index (χ1n) is 9.80. The summed E-state index contributed by atoms with van der Waals surface area (Å²) in [6.45, 7) is 2.32. The number of rotatable bonds is 5. The van der Waals surface area contributed by atoms with Crippen LogP contribution in [0.4, 0.5) is 5.69 Å². The molecule has 0 radical (unpaired) electrons. The summed E-state index contributed by atoms with van der Waals surface area (Å²) in [5, 5.41) is 3.86. The van der Waals surface area contributed by atoms with Crippen LogP contribution in [0.25, 0.3) is 10.9 Å². The molecule has 2 heterocycles. The highest BCUT2D eigenvalue weighted by Crippen LogP contribution is 2.26. The smallest absolute Gasteiger partial charge is 0.251 e. The van der Waals surface area contributed by atoms with Gasteiger partial charge in [0.15, 0.2) is 0 Å². The number of hydrogen-bond acceptors (Lipinski definition) is 3. The molecule has 29 heavy (non-hydrogen) atoms. The van der Waals surface area contributed by atoms with Crippen LogP contribution in [-0.4, -0.2) is 29.4 Å². The Balaban J connectivity index is 1.43. The van der Waals surface area contributed by atoms with E-state index in [2.05, 4.69) is 10.3 Å². The maximum absolute atomic E-state index is 12.7. The molecule has 1 aromatic heterocycles. The van der Waals surface area contributed by atoms with Gasteiger partial charge in [-0.25, -0.2) is 0 Å². The Morgan fingerprint density at radius 3 is 2.72 bits per heavy atom. The molecule has 3 aromatic rings. The van der Waals surface area contributed by atoms with Crippen molar-refractivity contribution in [3.63, 3.8) is 0 Å². The maximum Gasteiger partial charge on any atom is 0.251 e. The average molecular weight is 389 g/mol. The molecule has 1 aliphatic heterocycles. The first kappa shape index (κ1) is 18.9. The van der Waals surface area contributed by atoms with E-state index in [1.54, 1.807) is 4.90 Å². The third-order valence-corrected chi connectivity index (χ3v) is 5.32. The van der Waals surface area contributed by atoms with E-state index in [1.165, 1.54) is 0 Å². The zero-order valence-corrected chi connectivity index (χ0v) is 16.3. The van der Waals surface area contributed by atoms with Crippen molar-refractivity contribution in [1.82, 2.24) is 10.3 Å². The Labute approximate surface area is 168 Å². The lowest BCUT2D eigenvalue weighted by atomic mass is 10.1. The molecule has 0 saturated carbocycles. The first-order chi connectivity index (χ1) is 14.0. The van der Waals surface area contributed by atoms with Gasteiger partial charge in [-0.3, -0.25) is 19.3 Å². The fourth-order valence-corrected chi connectivity index (χ4v) is 3.83. The van der Waals surface area contributed by atoms with Crippen molar-refractivity contribution in [3.05, 3.63) is 76.1 Å². The van der Waals surface area contributed by atoms with E-state index < -0.39 is 6.04 Å². The van der Waals surface area contributed by atoms with Crippen molar-refractivity contribution in [2.75, 3.05) is 11.4 Å². The lowest BCUT2D eigenvalue weighted by molar-refractivity contribution is -0.123. The molecule has 4 rings (SSSR count). The number of benzene rings is 2. The summed E-state index contributed by atoms with van der Waals surface area (Å²) in [5.41, 5.74) is 3.12. The Hall–Kier alpha value is -3.41. The monoisotopic (exact) mass is 389 g/mol. The van der Waals surface area contributed by atoms with Crippen LogP contribution in [0.5, 0.6) is 0 Å². The van der Waals surface area contributed by atoms with Gasteiger partial charge in [-0.1, -0.05) is 30.3 Å². The summed E-state index contributed by atoms with van der Waals surface area (Å²) in [5.74, 6) is -0.231. The van der Waals surface area contributed by atoms with Crippen molar-refractivity contribution < 1.29 is 9.59 Å². The average Bonchev–Trinajstić information content (AvgIpc) is 3.10. The maximum atomic E-state index is 12.7. The van der Waals surface area contributed by atoms with Crippen LogP contribution in [-0.2, 0) is 16.0 Å². The fraction of sp³-hybridized carbons (Fsp3) is 0.261. The van der Waals surface area contributed by atoms with E-state index in [0.717, 1.165) is 22.2 Å². The number of nitrogens with zero attached hydrogens (tertiary/aromatic N) is 1. The molecule has 6 heteroatoms. The van der Waals surface area contributed by atoms with E-state index in [4.69, 9.17) is 0 Å². The molecular formula is C23H23N3O3. The minimum atomic E-state index is -0.511. The molecule has 6 nitrogen and oxygen atoms in total. The highest BCUT2D eigenvalue weighted by atomic mass is 16.2. The van der Waals surface area contributed by atoms with Crippen molar-refractivity contribution in [3.8, 4) is 0 Å². The fourth-order valence-electron chi connectivity index (χ4n) is 3.83. The standard InChI is InChI=1S/C23H23N3O3/c1-15-7-8-16-14-17(22(28)25-19(16)13-15)11-12-24-23(29)20-9-10-21(27)26(20)18-5-3-2-4-6-18/h2-8,13-14,20H,9-12H2,1H3,(H,24,29)(H,25,28). The molecule has 1 atom stereocenters. The largest absolute Gasteiger partial charge is 0.354 e. The van der Waals surface area contributed by atoms with Crippen LogP contribution < -0.4 is 15.8 Å². The molecular weight excluding hydrogens is 366 g/mol. The second-order valence-corrected chi connectivity index (χ2v) is 7.41. The number of aryl methyl sites for hydroxylation is 1. The second-order valence-electron chi connectivity index (χ2n) is 7.41. The topological polar surface area (TPSA) is 82.3 Å². The summed E-state index contributed by atoms with van der Waals surface area (Å²) in [6, 6.07) is 16.5. The van der Waals surface area contributed by atoms with Gasteiger partial charge in [-0.15, -0.1) is 0 Å². The number of aromatic nitrogens is 1. The summed E-state index contributed by atoms with van der Waals surface area (Å²) in [6.07, 6.45) is 1.28. The van der Waals surface area contributed by atoms with Crippen LogP contribution in [0.1, 0.15) is 24.0 Å². The van der Waals surface area contributed by atoms with Crippen LogP contribution in [0.3, 0.4) is 0 Å². The van der Waals surface area contributed by atoms with Gasteiger partial charge in [0, 0.05) is 29.7 Å². The van der Waals surface area contributed by atoms with E-state index in [0.29, 0.717) is 31.4 Å². The Morgan fingerprint density at radius 2 is 1.93 bits per heavy atom. The zero-order chi connectivity index (χ0) is 20.4. The van der Waals surface area contributed by atoms with Crippen molar-refractivity contribution in [1.29, 1.82) is 0 Å². The molecule has 1 unspecified atom stereocenters. The third kappa shape index (κ3) is 3.92. The second kappa shape index (κ2) is 7.91. The number of hydrogen-bond donors (Lipinski definition) is 2. The first-order valence-corrected chi connectivity index (χ1v) is 9.80.